The van der Waals surface area contributed by atoms with Gasteiger partial charge in [0.05, 0.1) is 17.0 Å². The highest BCUT2D eigenvalue weighted by Crippen LogP contribution is 2.49. The first-order valence-electron chi connectivity index (χ1n) is 14.6. The zero-order chi connectivity index (χ0) is 30.7. The van der Waals surface area contributed by atoms with Gasteiger partial charge >= 0.3 is 6.09 Å². The van der Waals surface area contributed by atoms with Crippen LogP contribution in [-0.2, 0) is 4.79 Å². The molecule has 0 radical (unpaired) electrons. The van der Waals surface area contributed by atoms with Crippen molar-refractivity contribution in [1.29, 1.82) is 0 Å². The third-order valence-corrected chi connectivity index (χ3v) is 11.3. The number of pyridine rings is 1. The molecule has 1 aromatic heterocycles. The van der Waals surface area contributed by atoms with Crippen LogP contribution in [0.2, 0.25) is 5.02 Å². The average molecular weight is 642 g/mol. The first kappa shape index (κ1) is 31.9. The molecule has 3 heterocycles. The van der Waals surface area contributed by atoms with Crippen LogP contribution in [0.5, 0.6) is 0 Å². The summed E-state index contributed by atoms with van der Waals surface area (Å²) in [6.07, 6.45) is 6.40. The van der Waals surface area contributed by atoms with Gasteiger partial charge in [-0.15, -0.1) is 10.8 Å². The molecule has 6 N–H and O–H groups in total. The fourth-order valence-corrected chi connectivity index (χ4v) is 8.82. The van der Waals surface area contributed by atoms with Gasteiger partial charge in [0.25, 0.3) is 0 Å². The number of carboxylic acid groups (broad SMARTS) is 1. The number of fused-ring (bicyclic) bond motifs is 2. The Morgan fingerprint density at radius 3 is 2.67 bits per heavy atom. The molecule has 3 aliphatic rings. The minimum absolute atomic E-state index is 0.0395. The fourth-order valence-electron chi connectivity index (χ4n) is 6.84. The van der Waals surface area contributed by atoms with Gasteiger partial charge in [-0.1, -0.05) is 24.1 Å². The third-order valence-electron chi connectivity index (χ3n) is 8.94. The molecule has 1 saturated carbocycles. The first-order valence-corrected chi connectivity index (χ1v) is 16.7. The molecule has 236 valence electrons. The van der Waals surface area contributed by atoms with Gasteiger partial charge in [0.2, 0.25) is 5.91 Å². The minimum atomic E-state index is -2.82. The molecular weight excluding hydrogens is 604 g/mol. The van der Waals surface area contributed by atoms with E-state index >= 15 is 0 Å². The number of halogens is 3. The molecule has 2 aliphatic heterocycles. The maximum Gasteiger partial charge on any atom is 0.405 e. The number of hydrogen-bond donors (Lipinski definition) is 6. The predicted molar refractivity (Wildman–Crippen MR) is 160 cm³/mol. The maximum atomic E-state index is 14.5. The van der Waals surface area contributed by atoms with Gasteiger partial charge in [-0.3, -0.25) is 18.9 Å². The second-order valence-corrected chi connectivity index (χ2v) is 14.3. The van der Waals surface area contributed by atoms with E-state index in [9.17, 15) is 32.6 Å². The molecule has 1 aromatic carbocycles. The van der Waals surface area contributed by atoms with E-state index in [4.69, 9.17) is 11.6 Å². The second-order valence-electron chi connectivity index (χ2n) is 11.7. The molecule has 14 heteroatoms. The van der Waals surface area contributed by atoms with Gasteiger partial charge in [0.1, 0.15) is 17.7 Å². The smallest absolute Gasteiger partial charge is 0.405 e. The Labute approximate surface area is 256 Å². The summed E-state index contributed by atoms with van der Waals surface area (Å²) in [6, 6.07) is 3.56. The summed E-state index contributed by atoms with van der Waals surface area (Å²) in [4.78, 5) is 29.6. The number of benzene rings is 1. The lowest BCUT2D eigenvalue weighted by Gasteiger charge is -2.49. The summed E-state index contributed by atoms with van der Waals surface area (Å²) < 4.78 is 52.2. The van der Waals surface area contributed by atoms with Gasteiger partial charge in [-0.05, 0) is 73.8 Å². The average Bonchev–Trinajstić information content (AvgIpc) is 3.35. The molecular formula is C29H38ClF2N5O5S. The van der Waals surface area contributed by atoms with Gasteiger partial charge < -0.3 is 21.1 Å². The highest BCUT2D eigenvalue weighted by Gasteiger charge is 2.40. The molecule has 7 atom stereocenters. The number of nitrogens with zero attached hydrogens (tertiary/aromatic N) is 2. The quantitative estimate of drug-likeness (QED) is 0.226. The van der Waals surface area contributed by atoms with Crippen molar-refractivity contribution in [2.45, 2.75) is 75.0 Å². The molecule has 5 rings (SSSR count). The fraction of sp³-hybridized carbons (Fsp3) is 0.552. The van der Waals surface area contributed by atoms with E-state index in [2.05, 4.69) is 20.9 Å². The number of carbonyl (C=O) groups excluding carboxylic acids is 1. The number of nitrogens with one attached hydrogen (secondary N) is 3. The Bertz CT molecular complexity index is 1330. The summed E-state index contributed by atoms with van der Waals surface area (Å²) in [5.74, 6) is -2.69. The Morgan fingerprint density at radius 2 is 1.93 bits per heavy atom. The van der Waals surface area contributed by atoms with Crippen LogP contribution < -0.4 is 16.0 Å². The Balaban J connectivity index is 1.33. The standard InChI is InChI=1S/C29H38ClF2N5O5S/c30-23-9-7-18(12-24(23)32)26(19-11-20(31)14-33-13-19)27(36-29(39)40)28(38)35-25-5-1-3-17(25)6-8-22-15-34-21-4-2-10-43(41,42)37(22)16-21/h7,9,11-14,17,21-22,25-27,34,36,41-42H,1-6,8,10,15-16H2,(H,35,38)(H,39,40)/t17-,21-,22+,25+,26+,27+/m1/s1. The lowest BCUT2D eigenvalue weighted by molar-refractivity contribution is -0.124. The van der Waals surface area contributed by atoms with Crippen LogP contribution in [0.1, 0.15) is 62.0 Å². The van der Waals surface area contributed by atoms with Crippen LogP contribution in [0.15, 0.2) is 36.7 Å². The predicted octanol–water partition coefficient (Wildman–Crippen LogP) is 4.95. The van der Waals surface area contributed by atoms with Crippen molar-refractivity contribution in [2.75, 3.05) is 18.8 Å². The van der Waals surface area contributed by atoms with Crippen molar-refractivity contribution in [3.8, 4) is 0 Å². The van der Waals surface area contributed by atoms with E-state index in [1.807, 2.05) is 4.31 Å². The van der Waals surface area contributed by atoms with Crippen LogP contribution >= 0.6 is 22.4 Å². The van der Waals surface area contributed by atoms with Gasteiger partial charge in [0.15, 0.2) is 0 Å². The lowest BCUT2D eigenvalue weighted by atomic mass is 9.84. The number of carbonyl (C=O) groups is 2. The SMILES string of the molecule is O=C(O)N[C@H](C(=O)N[C@H]1CCC[C@@H]1CC[C@H]1CN[C@@H]2CCCS(O)(O)N1C2)[C@H](c1cncc(F)c1)c1ccc(Cl)c(F)c1. The number of hydrogen-bond acceptors (Lipinski definition) is 7. The third kappa shape index (κ3) is 7.58. The molecule has 2 aromatic rings. The molecule has 10 nitrogen and oxygen atoms in total. The highest BCUT2D eigenvalue weighted by molar-refractivity contribution is 8.22. The normalized spacial score (nSPS) is 28.7. The molecule has 0 spiro atoms. The van der Waals surface area contributed by atoms with E-state index in [1.54, 1.807) is 0 Å². The Kier molecular flexibility index (Phi) is 10.1. The van der Waals surface area contributed by atoms with Crippen LogP contribution in [-0.4, -0.2) is 78.5 Å². The summed E-state index contributed by atoms with van der Waals surface area (Å²) in [6.45, 7) is 1.26. The van der Waals surface area contributed by atoms with E-state index in [-0.39, 0.29) is 40.2 Å². The molecule has 3 fully saturated rings. The number of amides is 2. The number of piperazine rings is 1. The van der Waals surface area contributed by atoms with Crippen molar-refractivity contribution < 1.29 is 32.6 Å². The molecule has 2 bridgehead atoms. The molecule has 2 amide bonds. The topological polar surface area (TPSA) is 147 Å². The summed E-state index contributed by atoms with van der Waals surface area (Å²) in [7, 11) is -2.82. The zero-order valence-corrected chi connectivity index (χ0v) is 25.2. The first-order chi connectivity index (χ1) is 20.5. The summed E-state index contributed by atoms with van der Waals surface area (Å²) in [5.41, 5.74) is 0.420. The van der Waals surface area contributed by atoms with Crippen LogP contribution in [0.25, 0.3) is 0 Å². The van der Waals surface area contributed by atoms with Crippen molar-refractivity contribution in [2.24, 2.45) is 5.92 Å². The maximum absolute atomic E-state index is 14.5. The zero-order valence-electron chi connectivity index (χ0n) is 23.6. The molecule has 1 aliphatic carbocycles. The van der Waals surface area contributed by atoms with E-state index in [1.165, 1.54) is 18.3 Å². The molecule has 1 unspecified atom stereocenters. The summed E-state index contributed by atoms with van der Waals surface area (Å²) in [5, 5.41) is 18.4. The second kappa shape index (κ2) is 13.6. The minimum Gasteiger partial charge on any atom is -0.465 e. The Morgan fingerprint density at radius 1 is 1.12 bits per heavy atom. The van der Waals surface area contributed by atoms with Crippen LogP contribution in [0, 0.1) is 17.6 Å². The molecule has 43 heavy (non-hydrogen) atoms. The van der Waals surface area contributed by atoms with Crippen LogP contribution in [0.4, 0.5) is 13.6 Å². The van der Waals surface area contributed by atoms with Gasteiger partial charge in [-0.2, -0.15) is 0 Å². The van der Waals surface area contributed by atoms with Crippen molar-refractivity contribution in [3.63, 3.8) is 0 Å². The number of aromatic nitrogens is 1. The van der Waals surface area contributed by atoms with Crippen LogP contribution in [0.3, 0.4) is 0 Å². The molecule has 2 saturated heterocycles. The van der Waals surface area contributed by atoms with E-state index in [0.717, 1.165) is 50.4 Å². The van der Waals surface area contributed by atoms with E-state index < -0.39 is 46.4 Å². The monoisotopic (exact) mass is 641 g/mol. The summed E-state index contributed by atoms with van der Waals surface area (Å²) >= 11 is 5.88. The Hall–Kier alpha value is -2.55. The largest absolute Gasteiger partial charge is 0.465 e. The highest BCUT2D eigenvalue weighted by atomic mass is 35.5. The van der Waals surface area contributed by atoms with Crippen molar-refractivity contribution >= 4 is 34.4 Å². The van der Waals surface area contributed by atoms with Crippen molar-refractivity contribution in [1.82, 2.24) is 25.2 Å². The van der Waals surface area contributed by atoms with Crippen molar-refractivity contribution in [3.05, 3.63) is 64.4 Å². The number of rotatable bonds is 9. The van der Waals surface area contributed by atoms with E-state index in [0.29, 0.717) is 31.7 Å². The van der Waals surface area contributed by atoms with Gasteiger partial charge in [-0.25, -0.2) is 17.9 Å². The lowest BCUT2D eigenvalue weighted by Crippen LogP contribution is -2.56. The van der Waals surface area contributed by atoms with Gasteiger partial charge in [0, 0.05) is 43.3 Å².